The summed E-state index contributed by atoms with van der Waals surface area (Å²) in [7, 11) is 0. The number of para-hydroxylation sites is 1. The first-order valence-corrected chi connectivity index (χ1v) is 6.53. The minimum atomic E-state index is -0.169. The molecular weight excluding hydrogens is 256 g/mol. The van der Waals surface area contributed by atoms with Crippen LogP contribution < -0.4 is 11.2 Å². The van der Waals surface area contributed by atoms with Crippen molar-refractivity contribution in [3.8, 4) is 0 Å². The van der Waals surface area contributed by atoms with Gasteiger partial charge in [0.1, 0.15) is 5.82 Å². The Hall–Kier alpha value is -2.18. The fraction of sp³-hybridized carbons (Fsp3) is 0.286. The second kappa shape index (κ2) is 5.44. The molecule has 0 radical (unpaired) electrons. The fourth-order valence-electron chi connectivity index (χ4n) is 2.26. The van der Waals surface area contributed by atoms with Gasteiger partial charge in [0.25, 0.3) is 5.91 Å². The van der Waals surface area contributed by atoms with Gasteiger partial charge >= 0.3 is 0 Å². The van der Waals surface area contributed by atoms with Crippen molar-refractivity contribution in [2.75, 3.05) is 32.0 Å². The Morgan fingerprint density at radius 2 is 2.05 bits per heavy atom. The van der Waals surface area contributed by atoms with E-state index in [4.69, 9.17) is 10.5 Å². The largest absolute Gasteiger partial charge is 0.384 e. The molecule has 3 N–H and O–H groups in total. The molecule has 104 valence electrons. The van der Waals surface area contributed by atoms with Crippen LogP contribution in [0.2, 0.25) is 0 Å². The standard InChI is InChI=1S/C14H16N4O2/c15-13-9-11(10-3-1-2-4-12(10)16-13)14(19)17-18-5-7-20-8-6-18/h1-4,9H,5-8H2,(H2,15,16)(H,17,19). The average molecular weight is 272 g/mol. The van der Waals surface area contributed by atoms with E-state index in [1.807, 2.05) is 29.3 Å². The maximum Gasteiger partial charge on any atom is 0.266 e. The van der Waals surface area contributed by atoms with Gasteiger partial charge in [-0.05, 0) is 12.1 Å². The van der Waals surface area contributed by atoms with Crippen molar-refractivity contribution < 1.29 is 9.53 Å². The number of amides is 1. The molecule has 1 fully saturated rings. The van der Waals surface area contributed by atoms with Crippen LogP contribution >= 0.6 is 0 Å². The van der Waals surface area contributed by atoms with Gasteiger partial charge in [-0.15, -0.1) is 0 Å². The number of rotatable bonds is 2. The van der Waals surface area contributed by atoms with Gasteiger partial charge in [0.05, 0.1) is 24.3 Å². The first-order valence-electron chi connectivity index (χ1n) is 6.53. The van der Waals surface area contributed by atoms with E-state index in [9.17, 15) is 4.79 Å². The van der Waals surface area contributed by atoms with Crippen LogP contribution in [0.25, 0.3) is 10.9 Å². The van der Waals surface area contributed by atoms with Gasteiger partial charge in [-0.3, -0.25) is 10.2 Å². The molecule has 1 aliphatic rings. The van der Waals surface area contributed by atoms with Crippen molar-refractivity contribution in [3.05, 3.63) is 35.9 Å². The molecule has 3 rings (SSSR count). The number of benzene rings is 1. The van der Waals surface area contributed by atoms with E-state index in [0.717, 1.165) is 10.9 Å². The number of anilines is 1. The van der Waals surface area contributed by atoms with Gasteiger partial charge in [0, 0.05) is 18.5 Å². The first-order chi connectivity index (χ1) is 9.74. The maximum atomic E-state index is 12.4. The first kappa shape index (κ1) is 12.8. The van der Waals surface area contributed by atoms with Crippen molar-refractivity contribution in [2.24, 2.45) is 0 Å². The molecule has 1 aliphatic heterocycles. The summed E-state index contributed by atoms with van der Waals surface area (Å²) in [6.07, 6.45) is 0. The number of ether oxygens (including phenoxy) is 1. The molecule has 2 heterocycles. The number of pyridine rings is 1. The number of nitrogen functional groups attached to an aromatic ring is 1. The van der Waals surface area contributed by atoms with E-state index in [0.29, 0.717) is 37.7 Å². The van der Waals surface area contributed by atoms with Crippen molar-refractivity contribution in [3.63, 3.8) is 0 Å². The maximum absolute atomic E-state index is 12.4. The molecule has 20 heavy (non-hydrogen) atoms. The molecule has 0 atom stereocenters. The number of hydrogen-bond acceptors (Lipinski definition) is 5. The Kier molecular flexibility index (Phi) is 3.49. The Balaban J connectivity index is 1.90. The molecule has 1 aromatic heterocycles. The average Bonchev–Trinajstić information content (AvgIpc) is 2.47. The molecule has 0 spiro atoms. The lowest BCUT2D eigenvalue weighted by Gasteiger charge is -2.27. The van der Waals surface area contributed by atoms with E-state index in [2.05, 4.69) is 10.4 Å². The van der Waals surface area contributed by atoms with Gasteiger partial charge in [0.15, 0.2) is 0 Å². The third kappa shape index (κ3) is 2.56. The fourth-order valence-corrected chi connectivity index (χ4v) is 2.26. The van der Waals surface area contributed by atoms with Crippen molar-refractivity contribution in [2.45, 2.75) is 0 Å². The highest BCUT2D eigenvalue weighted by atomic mass is 16.5. The lowest BCUT2D eigenvalue weighted by molar-refractivity contribution is 0.0127. The number of carbonyl (C=O) groups is 1. The normalized spacial score (nSPS) is 16.2. The number of nitrogens with zero attached hydrogens (tertiary/aromatic N) is 2. The highest BCUT2D eigenvalue weighted by molar-refractivity contribution is 6.06. The molecule has 6 heteroatoms. The van der Waals surface area contributed by atoms with Crippen LogP contribution in [0.3, 0.4) is 0 Å². The number of hydrogen-bond donors (Lipinski definition) is 2. The minimum Gasteiger partial charge on any atom is -0.384 e. The molecule has 0 saturated carbocycles. The highest BCUT2D eigenvalue weighted by Crippen LogP contribution is 2.19. The van der Waals surface area contributed by atoms with Crippen molar-refractivity contribution in [1.82, 2.24) is 15.4 Å². The Labute approximate surface area is 116 Å². The zero-order valence-corrected chi connectivity index (χ0v) is 11.0. The minimum absolute atomic E-state index is 0.169. The number of nitrogens with one attached hydrogen (secondary N) is 1. The molecular formula is C14H16N4O2. The molecule has 0 unspecified atom stereocenters. The second-order valence-electron chi connectivity index (χ2n) is 4.65. The zero-order chi connectivity index (χ0) is 13.9. The van der Waals surface area contributed by atoms with E-state index >= 15 is 0 Å². The third-order valence-electron chi connectivity index (χ3n) is 3.25. The van der Waals surface area contributed by atoms with E-state index in [-0.39, 0.29) is 5.91 Å². The summed E-state index contributed by atoms with van der Waals surface area (Å²) in [5, 5.41) is 2.66. The molecule has 6 nitrogen and oxygen atoms in total. The molecule has 1 amide bonds. The van der Waals surface area contributed by atoms with Gasteiger partial charge in [0.2, 0.25) is 0 Å². The van der Waals surface area contributed by atoms with Gasteiger partial charge < -0.3 is 10.5 Å². The van der Waals surface area contributed by atoms with Crippen LogP contribution in [-0.2, 0) is 4.74 Å². The topological polar surface area (TPSA) is 80.5 Å². The molecule has 0 aliphatic carbocycles. The smallest absolute Gasteiger partial charge is 0.266 e. The van der Waals surface area contributed by atoms with Crippen LogP contribution in [0.5, 0.6) is 0 Å². The lowest BCUT2D eigenvalue weighted by Crippen LogP contribution is -2.48. The summed E-state index contributed by atoms with van der Waals surface area (Å²) in [6.45, 7) is 2.62. The number of aromatic nitrogens is 1. The van der Waals surface area contributed by atoms with E-state index in [1.165, 1.54) is 0 Å². The molecule has 1 aromatic carbocycles. The highest BCUT2D eigenvalue weighted by Gasteiger charge is 2.17. The van der Waals surface area contributed by atoms with Gasteiger partial charge in [-0.1, -0.05) is 18.2 Å². The number of fused-ring (bicyclic) bond motifs is 1. The van der Waals surface area contributed by atoms with Crippen LogP contribution in [0.15, 0.2) is 30.3 Å². The van der Waals surface area contributed by atoms with Crippen LogP contribution in [0.4, 0.5) is 5.82 Å². The van der Waals surface area contributed by atoms with Crippen LogP contribution in [0.1, 0.15) is 10.4 Å². The summed E-state index contributed by atoms with van der Waals surface area (Å²) < 4.78 is 5.25. The van der Waals surface area contributed by atoms with E-state index in [1.54, 1.807) is 6.07 Å². The quantitative estimate of drug-likeness (QED) is 0.845. The monoisotopic (exact) mass is 272 g/mol. The third-order valence-corrected chi connectivity index (χ3v) is 3.25. The molecule has 1 saturated heterocycles. The number of morpholine rings is 1. The Morgan fingerprint density at radius 3 is 2.85 bits per heavy atom. The summed E-state index contributed by atoms with van der Waals surface area (Å²) >= 11 is 0. The zero-order valence-electron chi connectivity index (χ0n) is 11.0. The SMILES string of the molecule is Nc1cc(C(=O)NN2CCOCC2)c2ccccc2n1. The second-order valence-corrected chi connectivity index (χ2v) is 4.65. The van der Waals surface area contributed by atoms with Crippen molar-refractivity contribution in [1.29, 1.82) is 0 Å². The van der Waals surface area contributed by atoms with E-state index < -0.39 is 0 Å². The predicted octanol–water partition coefficient (Wildman–Crippen LogP) is 0.794. The number of nitrogens with two attached hydrogens (primary N) is 1. The summed E-state index contributed by atoms with van der Waals surface area (Å²) in [4.78, 5) is 16.6. The van der Waals surface area contributed by atoms with Gasteiger partial charge in [-0.2, -0.15) is 0 Å². The summed E-state index contributed by atoms with van der Waals surface area (Å²) in [5.41, 5.74) is 9.92. The number of carbonyl (C=O) groups excluding carboxylic acids is 1. The van der Waals surface area contributed by atoms with Crippen molar-refractivity contribution >= 4 is 22.6 Å². The Morgan fingerprint density at radius 1 is 1.30 bits per heavy atom. The van der Waals surface area contributed by atoms with Crippen LogP contribution in [-0.4, -0.2) is 42.2 Å². The summed E-state index contributed by atoms with van der Waals surface area (Å²) in [5.74, 6) is 0.174. The number of hydrazine groups is 1. The van der Waals surface area contributed by atoms with Crippen LogP contribution in [0, 0.1) is 0 Å². The Bertz CT molecular complexity index is 638. The summed E-state index contributed by atoms with van der Waals surface area (Å²) in [6, 6.07) is 9.08. The molecule has 2 aromatic rings. The predicted molar refractivity (Wildman–Crippen MR) is 76.0 cm³/mol. The molecule has 0 bridgehead atoms. The lowest BCUT2D eigenvalue weighted by atomic mass is 10.1. The van der Waals surface area contributed by atoms with Gasteiger partial charge in [-0.25, -0.2) is 9.99 Å².